The molecule has 1 amide bonds. The first kappa shape index (κ1) is 26.0. The van der Waals surface area contributed by atoms with Gasteiger partial charge in [-0.2, -0.15) is 0 Å². The molecule has 7 nitrogen and oxygen atoms in total. The molecule has 2 aliphatic carbocycles. The van der Waals surface area contributed by atoms with Crippen LogP contribution in [0.15, 0.2) is 23.3 Å². The first-order valence-corrected chi connectivity index (χ1v) is 12.7. The fourth-order valence-corrected chi connectivity index (χ4v) is 5.18. The first-order valence-electron chi connectivity index (χ1n) is 12.7. The average molecular weight is 570 g/mol. The number of carbonyl (C=O) groups excluding carboxylic acids is 1. The normalized spacial score (nSPS) is 22.2. The Hall–Kier alpha value is -1.58. The molecule has 1 atom stereocenters. The number of guanidine groups is 1. The van der Waals surface area contributed by atoms with Crippen LogP contribution >= 0.6 is 24.0 Å². The van der Waals surface area contributed by atoms with Crippen LogP contribution < -0.4 is 15.4 Å². The van der Waals surface area contributed by atoms with E-state index in [4.69, 9.17) is 9.73 Å². The van der Waals surface area contributed by atoms with Gasteiger partial charge in [-0.3, -0.25) is 4.79 Å². The molecule has 0 spiro atoms. The summed E-state index contributed by atoms with van der Waals surface area (Å²) in [5.74, 6) is 2.11. The molecule has 1 saturated heterocycles. The number of pyridine rings is 1. The SMILES string of the molecule is CCNC(=NCc1cccnc1OC1CCCC1)NC1CCN(C(=O)C2CCCCC2)C1.I. The number of amides is 1. The molecule has 2 saturated carbocycles. The van der Waals surface area contributed by atoms with E-state index in [1.54, 1.807) is 6.20 Å². The number of carbonyl (C=O) groups is 1. The van der Waals surface area contributed by atoms with Crippen LogP contribution in [0.4, 0.5) is 0 Å². The number of ether oxygens (including phenoxy) is 1. The minimum atomic E-state index is 0. The Bertz CT molecular complexity index is 778. The van der Waals surface area contributed by atoms with Gasteiger partial charge >= 0.3 is 0 Å². The number of nitrogens with zero attached hydrogens (tertiary/aromatic N) is 3. The van der Waals surface area contributed by atoms with Gasteiger partial charge in [0.15, 0.2) is 5.96 Å². The van der Waals surface area contributed by atoms with Gasteiger partial charge in [0.25, 0.3) is 0 Å². The predicted molar refractivity (Wildman–Crippen MR) is 142 cm³/mol. The molecule has 0 bridgehead atoms. The third-order valence-corrected chi connectivity index (χ3v) is 6.98. The second-order valence-corrected chi connectivity index (χ2v) is 9.44. The molecule has 0 aromatic carbocycles. The zero-order valence-corrected chi connectivity index (χ0v) is 22.3. The van der Waals surface area contributed by atoms with E-state index in [0.717, 1.165) is 63.3 Å². The summed E-state index contributed by atoms with van der Waals surface area (Å²) in [5, 5.41) is 6.91. The van der Waals surface area contributed by atoms with Crippen molar-refractivity contribution in [1.29, 1.82) is 0 Å². The summed E-state index contributed by atoms with van der Waals surface area (Å²) in [5.41, 5.74) is 1.01. The molecule has 4 rings (SSSR count). The van der Waals surface area contributed by atoms with Gasteiger partial charge in [0.2, 0.25) is 11.8 Å². The van der Waals surface area contributed by atoms with Crippen molar-refractivity contribution in [3.63, 3.8) is 0 Å². The summed E-state index contributed by atoms with van der Waals surface area (Å²) in [6.45, 7) is 4.99. The van der Waals surface area contributed by atoms with Gasteiger partial charge < -0.3 is 20.3 Å². The average Bonchev–Trinajstić information content (AvgIpc) is 3.51. The fourth-order valence-electron chi connectivity index (χ4n) is 5.18. The Morgan fingerprint density at radius 1 is 1.15 bits per heavy atom. The lowest BCUT2D eigenvalue weighted by atomic mass is 9.88. The smallest absolute Gasteiger partial charge is 0.225 e. The highest BCUT2D eigenvalue weighted by Crippen LogP contribution is 2.27. The van der Waals surface area contributed by atoms with E-state index in [-0.39, 0.29) is 42.0 Å². The number of aliphatic imine (C=N–C) groups is 1. The largest absolute Gasteiger partial charge is 0.474 e. The van der Waals surface area contributed by atoms with Crippen LogP contribution in [-0.4, -0.2) is 53.5 Å². The second kappa shape index (κ2) is 13.3. The summed E-state index contributed by atoms with van der Waals surface area (Å²) >= 11 is 0. The van der Waals surface area contributed by atoms with E-state index < -0.39 is 0 Å². The van der Waals surface area contributed by atoms with Crippen molar-refractivity contribution < 1.29 is 9.53 Å². The van der Waals surface area contributed by atoms with Gasteiger partial charge in [-0.15, -0.1) is 24.0 Å². The second-order valence-electron chi connectivity index (χ2n) is 9.44. The van der Waals surface area contributed by atoms with Crippen molar-refractivity contribution in [2.24, 2.45) is 10.9 Å². The maximum atomic E-state index is 12.9. The number of rotatable bonds is 7. The van der Waals surface area contributed by atoms with Crippen LogP contribution in [0.3, 0.4) is 0 Å². The van der Waals surface area contributed by atoms with Crippen molar-refractivity contribution in [2.75, 3.05) is 19.6 Å². The number of halogens is 1. The van der Waals surface area contributed by atoms with Gasteiger partial charge in [0, 0.05) is 43.4 Å². The minimum absolute atomic E-state index is 0. The van der Waals surface area contributed by atoms with Gasteiger partial charge in [-0.25, -0.2) is 9.98 Å². The Morgan fingerprint density at radius 3 is 2.67 bits per heavy atom. The summed E-state index contributed by atoms with van der Waals surface area (Å²) in [7, 11) is 0. The lowest BCUT2D eigenvalue weighted by Gasteiger charge is -2.26. The van der Waals surface area contributed by atoms with Crippen molar-refractivity contribution in [3.05, 3.63) is 23.9 Å². The molecular weight excluding hydrogens is 529 g/mol. The van der Waals surface area contributed by atoms with E-state index in [1.807, 2.05) is 12.1 Å². The van der Waals surface area contributed by atoms with Crippen LogP contribution in [0.5, 0.6) is 5.88 Å². The Morgan fingerprint density at radius 2 is 1.91 bits per heavy atom. The monoisotopic (exact) mass is 569 g/mol. The third kappa shape index (κ3) is 7.45. The molecule has 2 heterocycles. The van der Waals surface area contributed by atoms with Gasteiger partial charge in [-0.1, -0.05) is 25.3 Å². The molecule has 8 heteroatoms. The van der Waals surface area contributed by atoms with Crippen LogP contribution in [-0.2, 0) is 11.3 Å². The van der Waals surface area contributed by atoms with E-state index in [0.29, 0.717) is 18.3 Å². The van der Waals surface area contributed by atoms with Gasteiger partial charge in [0.05, 0.1) is 6.54 Å². The fraction of sp³-hybridized carbons (Fsp3) is 0.720. The first-order chi connectivity index (χ1) is 15.7. The number of hydrogen-bond donors (Lipinski definition) is 2. The Labute approximate surface area is 215 Å². The molecule has 1 aromatic rings. The van der Waals surface area contributed by atoms with Crippen molar-refractivity contribution in [1.82, 2.24) is 20.5 Å². The standard InChI is InChI=1S/C25H39N5O2.HI/c1-2-26-25(28-17-20-11-8-15-27-23(20)32-22-12-6-7-13-22)29-21-14-16-30(18-21)24(31)19-9-4-3-5-10-19;/h8,11,15,19,21-22H,2-7,9-10,12-14,16-18H2,1H3,(H2,26,28,29);1H. The highest BCUT2D eigenvalue weighted by molar-refractivity contribution is 14.0. The molecule has 33 heavy (non-hydrogen) atoms. The van der Waals surface area contributed by atoms with Gasteiger partial charge in [-0.05, 0) is 57.9 Å². The zero-order chi connectivity index (χ0) is 22.2. The number of likely N-dealkylation sites (tertiary alicyclic amines) is 1. The molecule has 3 aliphatic rings. The highest BCUT2D eigenvalue weighted by Gasteiger charge is 2.31. The molecular formula is C25H40IN5O2. The lowest BCUT2D eigenvalue weighted by Crippen LogP contribution is -2.45. The van der Waals surface area contributed by atoms with Crippen LogP contribution in [0.1, 0.15) is 76.7 Å². The summed E-state index contributed by atoms with van der Waals surface area (Å²) in [6, 6.07) is 4.23. The van der Waals surface area contributed by atoms with E-state index in [2.05, 4.69) is 27.4 Å². The zero-order valence-electron chi connectivity index (χ0n) is 19.9. The maximum absolute atomic E-state index is 12.9. The molecule has 3 fully saturated rings. The topological polar surface area (TPSA) is 78.9 Å². The number of aromatic nitrogens is 1. The predicted octanol–water partition coefficient (Wildman–Crippen LogP) is 4.26. The highest BCUT2D eigenvalue weighted by atomic mass is 127. The van der Waals surface area contributed by atoms with Gasteiger partial charge in [0.1, 0.15) is 6.10 Å². The van der Waals surface area contributed by atoms with Crippen molar-refractivity contribution >= 4 is 35.8 Å². The van der Waals surface area contributed by atoms with E-state index in [9.17, 15) is 4.79 Å². The molecule has 1 aromatic heterocycles. The maximum Gasteiger partial charge on any atom is 0.225 e. The Balaban J connectivity index is 0.00000306. The van der Waals surface area contributed by atoms with Crippen LogP contribution in [0.2, 0.25) is 0 Å². The molecule has 1 unspecified atom stereocenters. The number of nitrogens with one attached hydrogen (secondary N) is 2. The van der Waals surface area contributed by atoms with E-state index in [1.165, 1.54) is 32.1 Å². The molecule has 0 radical (unpaired) electrons. The van der Waals surface area contributed by atoms with Crippen molar-refractivity contribution in [2.45, 2.75) is 89.8 Å². The molecule has 2 N–H and O–H groups in total. The lowest BCUT2D eigenvalue weighted by molar-refractivity contribution is -0.135. The third-order valence-electron chi connectivity index (χ3n) is 6.98. The van der Waals surface area contributed by atoms with Crippen LogP contribution in [0.25, 0.3) is 0 Å². The quantitative estimate of drug-likeness (QED) is 0.292. The van der Waals surface area contributed by atoms with E-state index >= 15 is 0 Å². The summed E-state index contributed by atoms with van der Waals surface area (Å²) in [6.07, 6.45) is 13.5. The molecule has 1 aliphatic heterocycles. The number of hydrogen-bond acceptors (Lipinski definition) is 4. The van der Waals surface area contributed by atoms with Crippen LogP contribution in [0, 0.1) is 5.92 Å². The molecule has 184 valence electrons. The summed E-state index contributed by atoms with van der Waals surface area (Å²) < 4.78 is 6.16. The Kier molecular flexibility index (Phi) is 10.5. The summed E-state index contributed by atoms with van der Waals surface area (Å²) in [4.78, 5) is 24.2. The minimum Gasteiger partial charge on any atom is -0.474 e. The van der Waals surface area contributed by atoms with Crippen molar-refractivity contribution in [3.8, 4) is 5.88 Å².